The summed E-state index contributed by atoms with van der Waals surface area (Å²) >= 11 is 0. The van der Waals surface area contributed by atoms with Crippen LogP contribution in [0.2, 0.25) is 0 Å². The zero-order chi connectivity index (χ0) is 14.4. The molecule has 3 N–H and O–H groups in total. The third kappa shape index (κ3) is 4.22. The maximum Gasteiger partial charge on any atom is 0.252 e. The first-order valence-corrected chi connectivity index (χ1v) is 6.97. The molecule has 0 fully saturated rings. The molecule has 6 nitrogen and oxygen atoms in total. The average molecular weight is 276 g/mol. The van der Waals surface area contributed by atoms with E-state index in [9.17, 15) is 9.59 Å². The number of hydrogen-bond acceptors (Lipinski definition) is 3. The fourth-order valence-corrected chi connectivity index (χ4v) is 2.20. The highest BCUT2D eigenvalue weighted by atomic mass is 16.2. The minimum atomic E-state index is -0.366. The van der Waals surface area contributed by atoms with Crippen LogP contribution in [-0.4, -0.2) is 21.6 Å². The Morgan fingerprint density at radius 3 is 3.00 bits per heavy atom. The van der Waals surface area contributed by atoms with Gasteiger partial charge in [-0.25, -0.2) is 0 Å². The van der Waals surface area contributed by atoms with Gasteiger partial charge in [0.1, 0.15) is 0 Å². The Labute approximate surface area is 118 Å². The zero-order valence-electron chi connectivity index (χ0n) is 11.5. The smallest absolute Gasteiger partial charge is 0.252 e. The molecule has 0 bridgehead atoms. The molecule has 0 spiro atoms. The molecular formula is C14H20N4O2. The van der Waals surface area contributed by atoms with Crippen molar-refractivity contribution in [3.63, 3.8) is 0 Å². The second kappa shape index (κ2) is 6.88. The van der Waals surface area contributed by atoms with Gasteiger partial charge < -0.3 is 11.1 Å². The van der Waals surface area contributed by atoms with E-state index in [0.717, 1.165) is 31.3 Å². The van der Waals surface area contributed by atoms with E-state index in [1.54, 1.807) is 16.9 Å². The number of nitrogens with zero attached hydrogens (tertiary/aromatic N) is 2. The van der Waals surface area contributed by atoms with Crippen LogP contribution in [0.4, 0.5) is 5.82 Å². The average Bonchev–Trinajstić information content (AvgIpc) is 2.68. The number of aromatic nitrogens is 2. The van der Waals surface area contributed by atoms with E-state index in [1.807, 2.05) is 6.08 Å². The molecule has 1 heterocycles. The van der Waals surface area contributed by atoms with Crippen LogP contribution in [0.25, 0.3) is 0 Å². The van der Waals surface area contributed by atoms with Crippen molar-refractivity contribution < 1.29 is 9.59 Å². The molecule has 0 unspecified atom stereocenters. The van der Waals surface area contributed by atoms with Crippen LogP contribution in [0, 0.1) is 0 Å². The Balaban J connectivity index is 1.90. The number of primary amides is 1. The Hall–Kier alpha value is -2.11. The third-order valence-electron chi connectivity index (χ3n) is 3.30. The summed E-state index contributed by atoms with van der Waals surface area (Å²) in [6.45, 7) is 0.425. The lowest BCUT2D eigenvalue weighted by Gasteiger charge is -2.05. The van der Waals surface area contributed by atoms with Crippen molar-refractivity contribution in [1.82, 2.24) is 9.78 Å². The van der Waals surface area contributed by atoms with Crippen LogP contribution in [0.5, 0.6) is 0 Å². The second-order valence-corrected chi connectivity index (χ2v) is 4.96. The molecule has 2 amide bonds. The van der Waals surface area contributed by atoms with Crippen LogP contribution in [0.15, 0.2) is 23.9 Å². The molecule has 2 rings (SSSR count). The molecule has 1 aliphatic rings. The highest BCUT2D eigenvalue weighted by Crippen LogP contribution is 2.18. The summed E-state index contributed by atoms with van der Waals surface area (Å²) in [7, 11) is 0. The molecule has 6 heteroatoms. The highest BCUT2D eigenvalue weighted by Gasteiger charge is 2.12. The zero-order valence-corrected chi connectivity index (χ0v) is 11.5. The van der Waals surface area contributed by atoms with Crippen molar-refractivity contribution in [2.24, 2.45) is 5.73 Å². The number of amides is 2. The van der Waals surface area contributed by atoms with Crippen molar-refractivity contribution in [2.75, 3.05) is 5.32 Å². The van der Waals surface area contributed by atoms with E-state index in [1.165, 1.54) is 6.42 Å². The highest BCUT2D eigenvalue weighted by molar-refractivity contribution is 6.03. The predicted octanol–water partition coefficient (Wildman–Crippen LogP) is 1.59. The molecule has 0 saturated carbocycles. The largest absolute Gasteiger partial charge is 0.370 e. The number of allylic oxidation sites excluding steroid dienone is 1. The fourth-order valence-electron chi connectivity index (χ4n) is 2.20. The Kier molecular flexibility index (Phi) is 4.92. The summed E-state index contributed by atoms with van der Waals surface area (Å²) in [4.78, 5) is 22.8. The second-order valence-electron chi connectivity index (χ2n) is 4.96. The maximum absolute atomic E-state index is 12.1. The van der Waals surface area contributed by atoms with Gasteiger partial charge >= 0.3 is 0 Å². The lowest BCUT2D eigenvalue weighted by molar-refractivity contribution is -0.118. The first-order valence-electron chi connectivity index (χ1n) is 6.97. The molecule has 1 aliphatic carbocycles. The van der Waals surface area contributed by atoms with Crippen molar-refractivity contribution in [2.45, 2.75) is 45.1 Å². The van der Waals surface area contributed by atoms with Crippen LogP contribution in [0.3, 0.4) is 0 Å². The summed E-state index contributed by atoms with van der Waals surface area (Å²) in [6, 6.07) is 1.72. The Bertz CT molecular complexity index is 519. The number of carbonyl (C=O) groups is 2. The van der Waals surface area contributed by atoms with E-state index in [0.29, 0.717) is 12.4 Å². The van der Waals surface area contributed by atoms with E-state index >= 15 is 0 Å². The van der Waals surface area contributed by atoms with Crippen LogP contribution < -0.4 is 11.1 Å². The first-order chi connectivity index (χ1) is 9.65. The van der Waals surface area contributed by atoms with Crippen LogP contribution in [0.1, 0.15) is 38.5 Å². The van der Waals surface area contributed by atoms with Crippen molar-refractivity contribution in [3.05, 3.63) is 23.9 Å². The third-order valence-corrected chi connectivity index (χ3v) is 3.30. The molecule has 108 valence electrons. The van der Waals surface area contributed by atoms with Gasteiger partial charge in [-0.1, -0.05) is 12.5 Å². The lowest BCUT2D eigenvalue weighted by Crippen LogP contribution is -2.16. The Morgan fingerprint density at radius 2 is 2.20 bits per heavy atom. The van der Waals surface area contributed by atoms with E-state index in [-0.39, 0.29) is 18.2 Å². The van der Waals surface area contributed by atoms with Crippen LogP contribution in [-0.2, 0) is 16.1 Å². The SMILES string of the molecule is NC(=O)CCn1ccc(NC(=O)C2=CCCCCC2)n1. The summed E-state index contributed by atoms with van der Waals surface area (Å²) in [5.74, 6) is 0.0614. The number of aryl methyl sites for hydroxylation is 1. The first kappa shape index (κ1) is 14.3. The quantitative estimate of drug-likeness (QED) is 0.855. The van der Waals surface area contributed by atoms with Gasteiger partial charge in [0.2, 0.25) is 5.91 Å². The fraction of sp³-hybridized carbons (Fsp3) is 0.500. The summed E-state index contributed by atoms with van der Waals surface area (Å²) in [5, 5.41) is 6.98. The molecular weight excluding hydrogens is 256 g/mol. The summed E-state index contributed by atoms with van der Waals surface area (Å²) in [5.41, 5.74) is 5.92. The Morgan fingerprint density at radius 1 is 1.35 bits per heavy atom. The van der Waals surface area contributed by atoms with Gasteiger partial charge in [0, 0.05) is 30.8 Å². The number of nitrogens with one attached hydrogen (secondary N) is 1. The predicted molar refractivity (Wildman–Crippen MR) is 75.8 cm³/mol. The van der Waals surface area contributed by atoms with Crippen molar-refractivity contribution in [1.29, 1.82) is 0 Å². The van der Waals surface area contributed by atoms with Gasteiger partial charge in [-0.05, 0) is 25.7 Å². The van der Waals surface area contributed by atoms with Gasteiger partial charge in [-0.3, -0.25) is 14.3 Å². The number of rotatable bonds is 5. The normalized spacial score (nSPS) is 15.3. The van der Waals surface area contributed by atoms with Crippen LogP contribution >= 0.6 is 0 Å². The van der Waals surface area contributed by atoms with Gasteiger partial charge in [0.05, 0.1) is 0 Å². The standard InChI is InChI=1S/C14H20N4O2/c15-12(19)7-9-18-10-8-13(17-18)16-14(20)11-5-3-1-2-4-6-11/h5,8,10H,1-4,6-7,9H2,(H2,15,19)(H,16,17,20). The van der Waals surface area contributed by atoms with E-state index < -0.39 is 0 Å². The van der Waals surface area contributed by atoms with Gasteiger partial charge in [0.25, 0.3) is 5.91 Å². The van der Waals surface area contributed by atoms with E-state index in [2.05, 4.69) is 10.4 Å². The van der Waals surface area contributed by atoms with Crippen molar-refractivity contribution >= 4 is 17.6 Å². The van der Waals surface area contributed by atoms with Gasteiger partial charge in [0.15, 0.2) is 5.82 Å². The molecule has 0 aliphatic heterocycles. The molecule has 20 heavy (non-hydrogen) atoms. The minimum absolute atomic E-state index is 0.0768. The van der Waals surface area contributed by atoms with Gasteiger partial charge in [-0.2, -0.15) is 5.10 Å². The summed E-state index contributed by atoms with van der Waals surface area (Å²) in [6.07, 6.45) is 9.16. The lowest BCUT2D eigenvalue weighted by atomic mass is 10.1. The molecule has 0 radical (unpaired) electrons. The van der Waals surface area contributed by atoms with Gasteiger partial charge in [-0.15, -0.1) is 0 Å². The topological polar surface area (TPSA) is 90.0 Å². The monoisotopic (exact) mass is 276 g/mol. The minimum Gasteiger partial charge on any atom is -0.370 e. The molecule has 0 saturated heterocycles. The molecule has 1 aromatic heterocycles. The number of anilines is 1. The number of nitrogens with two attached hydrogens (primary N) is 1. The van der Waals surface area contributed by atoms with Crippen molar-refractivity contribution in [3.8, 4) is 0 Å². The number of hydrogen-bond donors (Lipinski definition) is 2. The maximum atomic E-state index is 12.1. The molecule has 1 aromatic rings. The summed E-state index contributed by atoms with van der Waals surface area (Å²) < 4.78 is 1.60. The molecule has 0 atom stereocenters. The van der Waals surface area contributed by atoms with E-state index in [4.69, 9.17) is 5.73 Å². The molecule has 0 aromatic carbocycles. The number of carbonyl (C=O) groups excluding carboxylic acids is 2.